The van der Waals surface area contributed by atoms with Gasteiger partial charge in [-0.1, -0.05) is 46.3 Å². The average Bonchev–Trinajstić information content (AvgIpc) is 2.45. The highest BCUT2D eigenvalue weighted by atomic mass is 79.9. The Morgan fingerprint density at radius 2 is 2.00 bits per heavy atom. The molecule has 2 aromatic rings. The van der Waals surface area contributed by atoms with Gasteiger partial charge in [0.25, 0.3) is 0 Å². The van der Waals surface area contributed by atoms with Crippen LogP contribution in [0.5, 0.6) is 0 Å². The van der Waals surface area contributed by atoms with Crippen molar-refractivity contribution in [3.8, 4) is 0 Å². The zero-order chi connectivity index (χ0) is 14.5. The van der Waals surface area contributed by atoms with E-state index in [9.17, 15) is 4.79 Å². The molecular weight excluding hydrogens is 318 g/mol. The second kappa shape index (κ2) is 6.68. The molecule has 2 aromatic carbocycles. The fraction of sp³-hybridized carbons (Fsp3) is 0.188. The van der Waals surface area contributed by atoms with Crippen molar-refractivity contribution in [3.63, 3.8) is 0 Å². The number of rotatable bonds is 5. The molecule has 0 aliphatic carbocycles. The summed E-state index contributed by atoms with van der Waals surface area (Å²) < 4.78 is 1.04. The molecule has 1 atom stereocenters. The van der Waals surface area contributed by atoms with Gasteiger partial charge in [0.2, 0.25) is 0 Å². The molecule has 0 saturated heterocycles. The summed E-state index contributed by atoms with van der Waals surface area (Å²) in [5.74, 6) is -0.891. The third-order valence-electron chi connectivity index (χ3n) is 3.20. The van der Waals surface area contributed by atoms with Gasteiger partial charge in [0, 0.05) is 17.1 Å². The van der Waals surface area contributed by atoms with E-state index in [1.807, 2.05) is 30.3 Å². The zero-order valence-corrected chi connectivity index (χ0v) is 12.7. The van der Waals surface area contributed by atoms with E-state index >= 15 is 0 Å². The smallest absolute Gasteiger partial charge is 0.336 e. The number of benzene rings is 2. The summed E-state index contributed by atoms with van der Waals surface area (Å²) in [5, 5.41) is 12.5. The molecule has 0 amide bonds. The van der Waals surface area contributed by atoms with Crippen molar-refractivity contribution in [2.24, 2.45) is 0 Å². The monoisotopic (exact) mass is 333 g/mol. The number of hydrogen-bond donors (Lipinski definition) is 2. The molecule has 0 bridgehead atoms. The van der Waals surface area contributed by atoms with E-state index in [-0.39, 0.29) is 6.04 Å². The van der Waals surface area contributed by atoms with Crippen LogP contribution in [0.2, 0.25) is 0 Å². The number of carbonyl (C=O) groups is 1. The molecule has 0 spiro atoms. The first-order valence-electron chi connectivity index (χ1n) is 6.38. The number of hydrogen-bond acceptors (Lipinski definition) is 2. The largest absolute Gasteiger partial charge is 0.478 e. The Hall–Kier alpha value is -1.65. The van der Waals surface area contributed by atoms with Crippen LogP contribution in [0.1, 0.15) is 34.5 Å². The van der Waals surface area contributed by atoms with Crippen LogP contribution < -0.4 is 5.32 Å². The minimum Gasteiger partial charge on any atom is -0.478 e. The molecule has 0 aliphatic rings. The fourth-order valence-electron chi connectivity index (χ4n) is 2.04. The molecule has 0 aliphatic heterocycles. The van der Waals surface area contributed by atoms with E-state index in [0.29, 0.717) is 12.1 Å². The topological polar surface area (TPSA) is 49.3 Å². The van der Waals surface area contributed by atoms with Crippen LogP contribution in [0, 0.1) is 0 Å². The normalized spacial score (nSPS) is 12.1. The van der Waals surface area contributed by atoms with Crippen LogP contribution in [0.25, 0.3) is 0 Å². The molecule has 3 nitrogen and oxygen atoms in total. The van der Waals surface area contributed by atoms with Crippen molar-refractivity contribution in [2.75, 3.05) is 0 Å². The Kier molecular flexibility index (Phi) is 4.93. The van der Waals surface area contributed by atoms with Crippen molar-refractivity contribution in [2.45, 2.75) is 19.5 Å². The number of carboxylic acid groups (broad SMARTS) is 1. The molecule has 0 saturated carbocycles. The van der Waals surface area contributed by atoms with Gasteiger partial charge in [-0.05, 0) is 36.2 Å². The van der Waals surface area contributed by atoms with Crippen molar-refractivity contribution in [1.82, 2.24) is 5.32 Å². The SMILES string of the molecule is C[C@H](NCc1ccccc1C(=O)O)c1cccc(Br)c1. The second-order valence-electron chi connectivity index (χ2n) is 4.62. The first kappa shape index (κ1) is 14.8. The third-order valence-corrected chi connectivity index (χ3v) is 3.69. The lowest BCUT2D eigenvalue weighted by Gasteiger charge is -2.15. The highest BCUT2D eigenvalue weighted by Gasteiger charge is 2.10. The minimum atomic E-state index is -0.891. The first-order valence-corrected chi connectivity index (χ1v) is 7.17. The van der Waals surface area contributed by atoms with Gasteiger partial charge in [-0.2, -0.15) is 0 Å². The van der Waals surface area contributed by atoms with Gasteiger partial charge in [-0.15, -0.1) is 0 Å². The highest BCUT2D eigenvalue weighted by molar-refractivity contribution is 9.10. The lowest BCUT2D eigenvalue weighted by molar-refractivity contribution is 0.0695. The van der Waals surface area contributed by atoms with E-state index in [0.717, 1.165) is 15.6 Å². The van der Waals surface area contributed by atoms with Gasteiger partial charge in [0.1, 0.15) is 0 Å². The fourth-order valence-corrected chi connectivity index (χ4v) is 2.46. The van der Waals surface area contributed by atoms with Crippen LogP contribution in [0.4, 0.5) is 0 Å². The van der Waals surface area contributed by atoms with E-state index in [1.54, 1.807) is 12.1 Å². The molecule has 0 unspecified atom stereocenters. The van der Waals surface area contributed by atoms with Gasteiger partial charge in [0.15, 0.2) is 0 Å². The quantitative estimate of drug-likeness (QED) is 0.869. The van der Waals surface area contributed by atoms with E-state index in [2.05, 4.69) is 34.2 Å². The van der Waals surface area contributed by atoms with Crippen LogP contribution in [0.15, 0.2) is 53.0 Å². The summed E-state index contributed by atoms with van der Waals surface area (Å²) in [6.45, 7) is 2.58. The highest BCUT2D eigenvalue weighted by Crippen LogP contribution is 2.18. The molecule has 0 aromatic heterocycles. The summed E-state index contributed by atoms with van der Waals surface area (Å²) in [5.41, 5.74) is 2.30. The van der Waals surface area contributed by atoms with Crippen LogP contribution in [-0.2, 0) is 6.54 Å². The Labute approximate surface area is 126 Å². The molecule has 4 heteroatoms. The maximum absolute atomic E-state index is 11.1. The number of nitrogens with one attached hydrogen (secondary N) is 1. The first-order chi connectivity index (χ1) is 9.58. The van der Waals surface area contributed by atoms with Crippen LogP contribution >= 0.6 is 15.9 Å². The molecule has 2 N–H and O–H groups in total. The molecular formula is C16H16BrNO2. The molecule has 20 heavy (non-hydrogen) atoms. The molecule has 0 radical (unpaired) electrons. The zero-order valence-electron chi connectivity index (χ0n) is 11.1. The molecule has 2 rings (SSSR count). The Bertz CT molecular complexity index is 613. The number of carboxylic acids is 1. The van der Waals surface area contributed by atoms with Gasteiger partial charge in [-0.25, -0.2) is 4.79 Å². The van der Waals surface area contributed by atoms with Gasteiger partial charge in [0.05, 0.1) is 5.56 Å². The molecule has 0 heterocycles. The minimum absolute atomic E-state index is 0.148. The Morgan fingerprint density at radius 3 is 2.70 bits per heavy atom. The summed E-state index contributed by atoms with van der Waals surface area (Å²) >= 11 is 3.45. The standard InChI is InChI=1S/C16H16BrNO2/c1-11(12-6-4-7-14(17)9-12)18-10-13-5-2-3-8-15(13)16(19)20/h2-9,11,18H,10H2,1H3,(H,19,20)/t11-/m0/s1. The van der Waals surface area contributed by atoms with Crippen LogP contribution in [0.3, 0.4) is 0 Å². The molecule has 0 fully saturated rings. The second-order valence-corrected chi connectivity index (χ2v) is 5.54. The van der Waals surface area contributed by atoms with Gasteiger partial charge >= 0.3 is 5.97 Å². The third kappa shape index (κ3) is 3.68. The number of aromatic carboxylic acids is 1. The maximum Gasteiger partial charge on any atom is 0.336 e. The Balaban J connectivity index is 2.07. The number of halogens is 1. The summed E-state index contributed by atoms with van der Waals surface area (Å²) in [6, 6.07) is 15.3. The van der Waals surface area contributed by atoms with Crippen molar-refractivity contribution in [3.05, 3.63) is 69.7 Å². The summed E-state index contributed by atoms with van der Waals surface area (Å²) in [6.07, 6.45) is 0. The van der Waals surface area contributed by atoms with Crippen LogP contribution in [-0.4, -0.2) is 11.1 Å². The lowest BCUT2D eigenvalue weighted by atomic mass is 10.1. The van der Waals surface area contributed by atoms with Gasteiger partial charge in [-0.3, -0.25) is 0 Å². The predicted molar refractivity (Wildman–Crippen MR) is 82.8 cm³/mol. The predicted octanol–water partition coefficient (Wildman–Crippen LogP) is 4.00. The van der Waals surface area contributed by atoms with Crippen molar-refractivity contribution >= 4 is 21.9 Å². The molecule has 104 valence electrons. The average molecular weight is 334 g/mol. The van der Waals surface area contributed by atoms with E-state index in [4.69, 9.17) is 5.11 Å². The maximum atomic E-state index is 11.1. The van der Waals surface area contributed by atoms with E-state index in [1.165, 1.54) is 0 Å². The van der Waals surface area contributed by atoms with E-state index < -0.39 is 5.97 Å². The van der Waals surface area contributed by atoms with Crippen molar-refractivity contribution in [1.29, 1.82) is 0 Å². The summed E-state index contributed by atoms with van der Waals surface area (Å²) in [7, 11) is 0. The Morgan fingerprint density at radius 1 is 1.25 bits per heavy atom. The van der Waals surface area contributed by atoms with Gasteiger partial charge < -0.3 is 10.4 Å². The summed E-state index contributed by atoms with van der Waals surface area (Å²) in [4.78, 5) is 11.1. The lowest BCUT2D eigenvalue weighted by Crippen LogP contribution is -2.19. The van der Waals surface area contributed by atoms with Crippen molar-refractivity contribution < 1.29 is 9.90 Å².